The summed E-state index contributed by atoms with van der Waals surface area (Å²) >= 11 is 1.14. The number of esters is 1. The zero-order valence-electron chi connectivity index (χ0n) is 11.9. The van der Waals surface area contributed by atoms with E-state index >= 15 is 0 Å². The summed E-state index contributed by atoms with van der Waals surface area (Å²) in [5, 5.41) is 0.478. The first-order chi connectivity index (χ1) is 10.2. The summed E-state index contributed by atoms with van der Waals surface area (Å²) in [4.78, 5) is 30.1. The van der Waals surface area contributed by atoms with Crippen LogP contribution in [0.25, 0.3) is 0 Å². The highest BCUT2D eigenvalue weighted by Crippen LogP contribution is 2.26. The summed E-state index contributed by atoms with van der Waals surface area (Å²) in [6.07, 6.45) is 4.75. The van der Waals surface area contributed by atoms with Crippen LogP contribution in [-0.2, 0) is 14.3 Å². The Hall–Kier alpha value is -1.73. The third kappa shape index (κ3) is 3.68. The minimum Gasteiger partial charge on any atom is -0.465 e. The van der Waals surface area contributed by atoms with Crippen LogP contribution >= 0.6 is 11.3 Å². The predicted molar refractivity (Wildman–Crippen MR) is 79.5 cm³/mol. The van der Waals surface area contributed by atoms with E-state index < -0.39 is 5.97 Å². The Kier molecular flexibility index (Phi) is 5.46. The average Bonchev–Trinajstić information content (AvgIpc) is 3.01. The van der Waals surface area contributed by atoms with Crippen LogP contribution in [0.2, 0.25) is 0 Å². The third-order valence-electron chi connectivity index (χ3n) is 3.20. The van der Waals surface area contributed by atoms with Crippen molar-refractivity contribution in [1.29, 1.82) is 0 Å². The monoisotopic (exact) mass is 310 g/mol. The minimum atomic E-state index is -0.453. The quantitative estimate of drug-likeness (QED) is 0.613. The van der Waals surface area contributed by atoms with Crippen molar-refractivity contribution in [2.24, 2.45) is 5.92 Å². The molecule has 1 aliphatic heterocycles. The molecule has 1 aromatic heterocycles. The van der Waals surface area contributed by atoms with Gasteiger partial charge in [0.05, 0.1) is 25.8 Å². The second-order valence-corrected chi connectivity index (χ2v) is 5.66. The fraction of sp³-hybridized carbons (Fsp3) is 0.500. The topological polar surface area (TPSA) is 68.7 Å². The molecule has 7 heteroatoms. The van der Waals surface area contributed by atoms with Gasteiger partial charge in [0.1, 0.15) is 4.88 Å². The maximum Gasteiger partial charge on any atom is 0.349 e. The number of rotatable bonds is 5. The van der Waals surface area contributed by atoms with Crippen molar-refractivity contribution in [3.8, 4) is 0 Å². The molecule has 6 nitrogen and oxygen atoms in total. The molecule has 1 aromatic rings. The first kappa shape index (κ1) is 15.7. The lowest BCUT2D eigenvalue weighted by molar-refractivity contribution is -0.126. The molecule has 2 rings (SSSR count). The zero-order chi connectivity index (χ0) is 15.2. The van der Waals surface area contributed by atoms with Crippen molar-refractivity contribution in [2.75, 3.05) is 31.8 Å². The van der Waals surface area contributed by atoms with E-state index in [1.165, 1.54) is 13.3 Å². The van der Waals surface area contributed by atoms with Crippen LogP contribution in [0.4, 0.5) is 5.13 Å². The van der Waals surface area contributed by atoms with Crippen LogP contribution < -0.4 is 4.90 Å². The number of aromatic nitrogens is 1. The summed E-state index contributed by atoms with van der Waals surface area (Å²) in [6.45, 7) is 5.16. The van der Waals surface area contributed by atoms with Gasteiger partial charge in [0, 0.05) is 13.2 Å². The van der Waals surface area contributed by atoms with Gasteiger partial charge in [0.25, 0.3) is 0 Å². The molecule has 2 heterocycles. The number of carbonyl (C=O) groups is 2. The maximum atomic E-state index is 12.6. The summed E-state index contributed by atoms with van der Waals surface area (Å²) in [5.41, 5.74) is 0. The highest BCUT2D eigenvalue weighted by atomic mass is 32.1. The van der Waals surface area contributed by atoms with E-state index in [-0.39, 0.29) is 11.8 Å². The van der Waals surface area contributed by atoms with Crippen molar-refractivity contribution in [3.05, 3.63) is 23.7 Å². The highest BCUT2D eigenvalue weighted by Gasteiger charge is 2.29. The Balaban J connectivity index is 2.17. The van der Waals surface area contributed by atoms with Crippen molar-refractivity contribution in [2.45, 2.75) is 12.8 Å². The molecule has 1 fully saturated rings. The third-order valence-corrected chi connectivity index (χ3v) is 4.20. The van der Waals surface area contributed by atoms with E-state index in [1.54, 1.807) is 11.0 Å². The van der Waals surface area contributed by atoms with Gasteiger partial charge in [-0.15, -0.1) is 6.58 Å². The molecular formula is C14H18N2O4S. The van der Waals surface area contributed by atoms with Gasteiger partial charge in [-0.05, 0) is 12.8 Å². The lowest BCUT2D eigenvalue weighted by Gasteiger charge is -2.26. The summed E-state index contributed by atoms with van der Waals surface area (Å²) < 4.78 is 10.0. The number of anilines is 1. The van der Waals surface area contributed by atoms with E-state index in [2.05, 4.69) is 16.3 Å². The Labute approximate surface area is 127 Å². The van der Waals surface area contributed by atoms with E-state index in [9.17, 15) is 9.59 Å². The second-order valence-electron chi connectivity index (χ2n) is 4.65. The van der Waals surface area contributed by atoms with Gasteiger partial charge in [0.15, 0.2) is 5.13 Å². The van der Waals surface area contributed by atoms with Crippen molar-refractivity contribution < 1.29 is 19.1 Å². The number of hydrogen-bond donors (Lipinski definition) is 0. The Morgan fingerprint density at radius 2 is 2.48 bits per heavy atom. The highest BCUT2D eigenvalue weighted by molar-refractivity contribution is 7.17. The SMILES string of the molecule is C=CCN(C(=O)C1CCCOC1)c1ncc(C(=O)OC)s1. The lowest BCUT2D eigenvalue weighted by atomic mass is 10.0. The number of carbonyl (C=O) groups excluding carboxylic acids is 2. The van der Waals surface area contributed by atoms with Gasteiger partial charge >= 0.3 is 5.97 Å². The summed E-state index contributed by atoms with van der Waals surface area (Å²) in [6, 6.07) is 0. The number of nitrogens with zero attached hydrogens (tertiary/aromatic N) is 2. The first-order valence-corrected chi connectivity index (χ1v) is 7.53. The number of methoxy groups -OCH3 is 1. The van der Waals surface area contributed by atoms with Gasteiger partial charge in [-0.25, -0.2) is 9.78 Å². The number of hydrogen-bond acceptors (Lipinski definition) is 6. The van der Waals surface area contributed by atoms with E-state index in [0.29, 0.717) is 29.8 Å². The molecule has 0 saturated carbocycles. The fourth-order valence-electron chi connectivity index (χ4n) is 2.13. The smallest absolute Gasteiger partial charge is 0.349 e. The minimum absolute atomic E-state index is 0.0413. The van der Waals surface area contributed by atoms with Crippen molar-refractivity contribution in [1.82, 2.24) is 4.98 Å². The number of ether oxygens (including phenoxy) is 2. The molecule has 1 amide bonds. The molecule has 1 atom stereocenters. The lowest BCUT2D eigenvalue weighted by Crippen LogP contribution is -2.39. The van der Waals surface area contributed by atoms with Crippen molar-refractivity contribution in [3.63, 3.8) is 0 Å². The molecule has 1 unspecified atom stereocenters. The van der Waals surface area contributed by atoms with Crippen LogP contribution in [0.15, 0.2) is 18.9 Å². The number of amides is 1. The zero-order valence-corrected chi connectivity index (χ0v) is 12.7. The molecular weight excluding hydrogens is 292 g/mol. The molecule has 0 radical (unpaired) electrons. The molecule has 1 aliphatic rings. The molecule has 0 N–H and O–H groups in total. The van der Waals surface area contributed by atoms with Gasteiger partial charge in [0.2, 0.25) is 5.91 Å². The Morgan fingerprint density at radius 3 is 3.10 bits per heavy atom. The molecule has 0 bridgehead atoms. The largest absolute Gasteiger partial charge is 0.465 e. The van der Waals surface area contributed by atoms with Gasteiger partial charge in [-0.3, -0.25) is 9.69 Å². The molecule has 1 saturated heterocycles. The summed E-state index contributed by atoms with van der Waals surface area (Å²) in [5.74, 6) is -0.657. The van der Waals surface area contributed by atoms with E-state index in [0.717, 1.165) is 24.2 Å². The van der Waals surface area contributed by atoms with Gasteiger partial charge in [-0.1, -0.05) is 17.4 Å². The van der Waals surface area contributed by atoms with Crippen LogP contribution in [0.1, 0.15) is 22.5 Å². The summed E-state index contributed by atoms with van der Waals surface area (Å²) in [7, 11) is 1.31. The first-order valence-electron chi connectivity index (χ1n) is 6.71. The van der Waals surface area contributed by atoms with Gasteiger partial charge in [-0.2, -0.15) is 0 Å². The van der Waals surface area contributed by atoms with Crippen molar-refractivity contribution >= 4 is 28.3 Å². The molecule has 21 heavy (non-hydrogen) atoms. The second kappa shape index (κ2) is 7.33. The standard InChI is InChI=1S/C14H18N2O4S/c1-3-6-16(12(17)10-5-4-7-20-9-10)14-15-8-11(21-14)13(18)19-2/h3,8,10H,1,4-7,9H2,2H3. The van der Waals surface area contributed by atoms with Crippen LogP contribution in [0.5, 0.6) is 0 Å². The molecule has 0 aliphatic carbocycles. The van der Waals surface area contributed by atoms with Gasteiger partial charge < -0.3 is 9.47 Å². The van der Waals surface area contributed by atoms with Crippen LogP contribution in [0.3, 0.4) is 0 Å². The molecule has 0 spiro atoms. The maximum absolute atomic E-state index is 12.6. The molecule has 0 aromatic carbocycles. The average molecular weight is 310 g/mol. The predicted octanol–water partition coefficient (Wildman–Crippen LogP) is 1.88. The normalized spacial score (nSPS) is 18.0. The van der Waals surface area contributed by atoms with E-state index in [4.69, 9.17) is 4.74 Å². The van der Waals surface area contributed by atoms with Crippen LogP contribution in [-0.4, -0.2) is 43.7 Å². The Bertz CT molecular complexity index is 523. The van der Waals surface area contributed by atoms with E-state index in [1.807, 2.05) is 0 Å². The number of thiazole rings is 1. The Morgan fingerprint density at radius 1 is 1.67 bits per heavy atom. The fourth-order valence-corrected chi connectivity index (χ4v) is 2.98. The molecule has 114 valence electrons. The van der Waals surface area contributed by atoms with Crippen LogP contribution in [0, 0.1) is 5.92 Å².